The zero-order valence-electron chi connectivity index (χ0n) is 19.4. The van der Waals surface area contributed by atoms with Crippen molar-refractivity contribution in [2.75, 3.05) is 6.61 Å². The smallest absolute Gasteiger partial charge is 1.00 e. The first kappa shape index (κ1) is 25.0. The van der Waals surface area contributed by atoms with Crippen molar-refractivity contribution in [2.24, 2.45) is 5.92 Å². The van der Waals surface area contributed by atoms with Crippen LogP contribution < -0.4 is 28.9 Å². The summed E-state index contributed by atoms with van der Waals surface area (Å²) >= 11 is 0. The van der Waals surface area contributed by atoms with E-state index in [0.717, 1.165) is 40.8 Å². The van der Waals surface area contributed by atoms with Crippen LogP contribution in [0.4, 0.5) is 0 Å². The molecule has 0 bridgehead atoms. The molecule has 148 valence electrons. The second-order valence-electron chi connectivity index (χ2n) is 7.48. The average molecular weight is 392 g/mol. The van der Waals surface area contributed by atoms with Gasteiger partial charge in [0.05, 0.1) is 6.61 Å². The molecule has 0 heterocycles. The Balaban J connectivity index is 0.00000392. The van der Waals surface area contributed by atoms with Crippen LogP contribution in [0.25, 0.3) is 0 Å². The number of hydrogen-bond donors (Lipinski definition) is 0. The minimum atomic E-state index is 0. The van der Waals surface area contributed by atoms with Crippen LogP contribution in [0.15, 0.2) is 36.4 Å². The Bertz CT molecular complexity index is 739. The van der Waals surface area contributed by atoms with Crippen molar-refractivity contribution in [2.45, 2.75) is 60.3 Å². The van der Waals surface area contributed by atoms with Gasteiger partial charge >= 0.3 is 18.9 Å². The topological polar surface area (TPSA) is 26.3 Å². The fraction of sp³-hybridized carbons (Fsp3) is 0.458. The molecule has 0 aliphatic rings. The Kier molecular flexibility index (Phi) is 11.1. The maximum atomic E-state index is 12.8. The van der Waals surface area contributed by atoms with Crippen molar-refractivity contribution in [1.29, 1.82) is 0 Å². The molecule has 28 heavy (non-hydrogen) atoms. The van der Waals surface area contributed by atoms with Crippen molar-refractivity contribution < 1.29 is 29.8 Å². The van der Waals surface area contributed by atoms with E-state index in [1.165, 1.54) is 24.8 Å². The molecule has 0 amide bonds. The zero-order valence-corrected chi connectivity index (χ0v) is 19.4. The molecule has 2 unspecified atom stereocenters. The van der Waals surface area contributed by atoms with E-state index in [-0.39, 0.29) is 34.4 Å². The predicted octanol–water partition coefficient (Wildman–Crippen LogP) is 3.47. The third-order valence-electron chi connectivity index (χ3n) is 5.05. The normalized spacial score (nSPS) is 12.0. The second-order valence-corrected chi connectivity index (χ2v) is 8.76. The van der Waals surface area contributed by atoms with Gasteiger partial charge in [-0.2, -0.15) is 0 Å². The molecule has 0 N–H and O–H groups in total. The molecule has 0 aliphatic heterocycles. The first-order chi connectivity index (χ1) is 12.9. The Hall–Kier alpha value is -1.06. The largest absolute Gasteiger partial charge is 1.00 e. The monoisotopic (exact) mass is 392 g/mol. The first-order valence-corrected chi connectivity index (χ1v) is 11.1. The number of benzene rings is 2. The van der Waals surface area contributed by atoms with E-state index in [4.69, 9.17) is 4.74 Å². The van der Waals surface area contributed by atoms with Gasteiger partial charge < -0.3 is 6.16 Å². The fourth-order valence-electron chi connectivity index (χ4n) is 3.48. The molecule has 2 aromatic rings. The summed E-state index contributed by atoms with van der Waals surface area (Å²) in [5.41, 5.74) is 4.44. The van der Waals surface area contributed by atoms with Crippen LogP contribution in [0.2, 0.25) is 0 Å². The van der Waals surface area contributed by atoms with Crippen LogP contribution in [0, 0.1) is 26.7 Å². The number of aryl methyl sites for hydroxylation is 3. The van der Waals surface area contributed by atoms with Crippen molar-refractivity contribution in [3.05, 3.63) is 58.7 Å². The van der Waals surface area contributed by atoms with Crippen molar-refractivity contribution in [3.8, 4) is 5.75 Å². The first-order valence-electron chi connectivity index (χ1n) is 10.1. The van der Waals surface area contributed by atoms with E-state index in [1.807, 2.05) is 38.1 Å². The van der Waals surface area contributed by atoms with Gasteiger partial charge in [-0.05, 0) is 70.3 Å². The summed E-state index contributed by atoms with van der Waals surface area (Å²) in [4.78, 5) is 12.8. The summed E-state index contributed by atoms with van der Waals surface area (Å²) in [6.45, 7) is 11.4. The van der Waals surface area contributed by atoms with Gasteiger partial charge in [0.2, 0.25) is 0 Å². The molecule has 0 saturated carbocycles. The average Bonchev–Trinajstić information content (AvgIpc) is 2.62. The standard InChI is InChI=1S/C24H33O2P.Li.H/c1-6-8-9-20(7-2)16-26-21-10-12-22(13-11-21)27-24(25)23-18(4)14-17(3)15-19(23)5;;/h10-15,20,27H,6-9,16H2,1-5H3;;/q;+1;-1. The van der Waals surface area contributed by atoms with Gasteiger partial charge in [0.25, 0.3) is 0 Å². The molecule has 2 nitrogen and oxygen atoms in total. The van der Waals surface area contributed by atoms with Crippen LogP contribution in [0.3, 0.4) is 0 Å². The Morgan fingerprint density at radius 2 is 1.68 bits per heavy atom. The number of ether oxygens (including phenoxy) is 1. The summed E-state index contributed by atoms with van der Waals surface area (Å²) in [6, 6.07) is 12.2. The van der Waals surface area contributed by atoms with Crippen LogP contribution in [0.1, 0.15) is 68.0 Å². The molecule has 0 radical (unpaired) electrons. The van der Waals surface area contributed by atoms with Gasteiger partial charge in [-0.25, -0.2) is 0 Å². The van der Waals surface area contributed by atoms with Gasteiger partial charge in [-0.3, -0.25) is 4.79 Å². The Morgan fingerprint density at radius 3 is 2.21 bits per heavy atom. The second kappa shape index (κ2) is 12.5. The van der Waals surface area contributed by atoms with Gasteiger partial charge in [0.15, 0.2) is 5.52 Å². The molecule has 0 aliphatic carbocycles. The Morgan fingerprint density at radius 1 is 1.07 bits per heavy atom. The molecule has 4 heteroatoms. The van der Waals surface area contributed by atoms with Gasteiger partial charge in [-0.1, -0.05) is 62.9 Å². The molecule has 0 saturated heterocycles. The number of unbranched alkanes of at least 4 members (excludes halogenated alkanes) is 1. The summed E-state index contributed by atoms with van der Waals surface area (Å²) in [6.07, 6.45) is 4.89. The van der Waals surface area contributed by atoms with E-state index >= 15 is 0 Å². The fourth-order valence-corrected chi connectivity index (χ4v) is 4.59. The van der Waals surface area contributed by atoms with Gasteiger partial charge in [0.1, 0.15) is 5.75 Å². The summed E-state index contributed by atoms with van der Waals surface area (Å²) < 4.78 is 5.97. The maximum absolute atomic E-state index is 12.8. The van der Waals surface area contributed by atoms with E-state index in [9.17, 15) is 4.79 Å². The van der Waals surface area contributed by atoms with E-state index < -0.39 is 0 Å². The van der Waals surface area contributed by atoms with Gasteiger partial charge in [0, 0.05) is 5.56 Å². The molecular weight excluding hydrogens is 358 g/mol. The predicted molar refractivity (Wildman–Crippen MR) is 119 cm³/mol. The van der Waals surface area contributed by atoms with Crippen molar-refractivity contribution in [1.82, 2.24) is 0 Å². The number of hydrogen-bond acceptors (Lipinski definition) is 2. The summed E-state index contributed by atoms with van der Waals surface area (Å²) in [7, 11) is 0.145. The number of carbonyl (C=O) groups excluding carboxylic acids is 1. The Labute approximate surface area is 186 Å². The number of carbonyl (C=O) groups is 1. The molecule has 2 rings (SSSR count). The minimum absolute atomic E-state index is 0. The third kappa shape index (κ3) is 7.40. The third-order valence-corrected chi connectivity index (χ3v) is 6.14. The summed E-state index contributed by atoms with van der Waals surface area (Å²) in [5, 5.41) is 1.06. The maximum Gasteiger partial charge on any atom is 1.00 e. The number of rotatable bonds is 10. The van der Waals surface area contributed by atoms with Crippen molar-refractivity contribution >= 4 is 19.4 Å². The van der Waals surface area contributed by atoms with Crippen LogP contribution in [0.5, 0.6) is 5.75 Å². The summed E-state index contributed by atoms with van der Waals surface area (Å²) in [5.74, 6) is 1.52. The van der Waals surface area contributed by atoms with Crippen LogP contribution in [-0.4, -0.2) is 12.1 Å². The molecule has 0 fully saturated rings. The molecule has 2 aromatic carbocycles. The van der Waals surface area contributed by atoms with E-state index in [0.29, 0.717) is 5.92 Å². The van der Waals surface area contributed by atoms with E-state index in [1.54, 1.807) is 0 Å². The molecule has 2 atom stereocenters. The minimum Gasteiger partial charge on any atom is -1.00 e. The van der Waals surface area contributed by atoms with Gasteiger partial charge in [-0.15, -0.1) is 0 Å². The molecule has 0 aromatic heterocycles. The van der Waals surface area contributed by atoms with Crippen molar-refractivity contribution in [3.63, 3.8) is 0 Å². The SMILES string of the molecule is CCCCC(CC)COc1ccc(PC(=O)c2c(C)cc(C)cc2C)cc1.[H-].[Li+]. The van der Waals surface area contributed by atoms with E-state index in [2.05, 4.69) is 32.9 Å². The van der Waals surface area contributed by atoms with Crippen LogP contribution >= 0.6 is 8.58 Å². The molecular formula is C24H34LiO2P. The molecule has 0 spiro atoms. The quantitative estimate of drug-likeness (QED) is 0.457. The zero-order chi connectivity index (χ0) is 19.8. The van der Waals surface area contributed by atoms with Crippen LogP contribution in [-0.2, 0) is 0 Å².